The molecule has 0 heterocycles. The van der Waals surface area contributed by atoms with E-state index in [2.05, 4.69) is 31.3 Å². The van der Waals surface area contributed by atoms with Gasteiger partial charge in [-0.2, -0.15) is 0 Å². The topological polar surface area (TPSA) is 85.9 Å². The molecule has 0 aliphatic carbocycles. The average Bonchev–Trinajstić information content (AvgIpc) is 2.67. The van der Waals surface area contributed by atoms with E-state index >= 15 is 0 Å². The van der Waals surface area contributed by atoms with E-state index in [1.807, 2.05) is 6.92 Å². The highest BCUT2D eigenvalue weighted by Gasteiger charge is 2.16. The van der Waals surface area contributed by atoms with Crippen LogP contribution in [0.15, 0.2) is 40.9 Å². The van der Waals surface area contributed by atoms with Crippen molar-refractivity contribution in [2.75, 3.05) is 31.5 Å². The van der Waals surface area contributed by atoms with Crippen LogP contribution in [0.1, 0.15) is 23.7 Å². The molecule has 0 aliphatic rings. The van der Waals surface area contributed by atoms with Crippen LogP contribution >= 0.6 is 15.9 Å². The fraction of sp³-hybridized carbons (Fsp3) is 0.263. The Balaban J connectivity index is 2.13. The molecule has 7 nitrogen and oxygen atoms in total. The van der Waals surface area contributed by atoms with Crippen molar-refractivity contribution in [3.8, 4) is 11.5 Å². The van der Waals surface area contributed by atoms with Gasteiger partial charge in [-0.3, -0.25) is 10.1 Å². The molecular weight excluding hydrogens is 416 g/mol. The van der Waals surface area contributed by atoms with E-state index in [0.717, 1.165) is 6.42 Å². The normalized spacial score (nSPS) is 10.1. The number of methoxy groups -OCH3 is 2. The van der Waals surface area contributed by atoms with E-state index in [4.69, 9.17) is 9.47 Å². The second-order valence-electron chi connectivity index (χ2n) is 5.49. The molecule has 27 heavy (non-hydrogen) atoms. The minimum absolute atomic E-state index is 0.301. The smallest absolute Gasteiger partial charge is 0.411 e. The molecule has 0 unspecified atom stereocenters. The summed E-state index contributed by atoms with van der Waals surface area (Å²) < 4.78 is 16.2. The highest BCUT2D eigenvalue weighted by Crippen LogP contribution is 2.37. The van der Waals surface area contributed by atoms with Crippen molar-refractivity contribution in [1.29, 1.82) is 0 Å². The van der Waals surface area contributed by atoms with Gasteiger partial charge in [0.2, 0.25) is 0 Å². The van der Waals surface area contributed by atoms with Crippen molar-refractivity contribution < 1.29 is 23.8 Å². The van der Waals surface area contributed by atoms with E-state index in [1.54, 1.807) is 36.4 Å². The molecule has 144 valence electrons. The Bertz CT molecular complexity index is 808. The Morgan fingerprint density at radius 1 is 1.04 bits per heavy atom. The van der Waals surface area contributed by atoms with Crippen molar-refractivity contribution in [3.05, 3.63) is 46.4 Å². The third kappa shape index (κ3) is 5.62. The van der Waals surface area contributed by atoms with Gasteiger partial charge in [-0.15, -0.1) is 0 Å². The lowest BCUT2D eigenvalue weighted by Crippen LogP contribution is -2.13. The van der Waals surface area contributed by atoms with Gasteiger partial charge in [0, 0.05) is 16.9 Å². The zero-order chi connectivity index (χ0) is 19.8. The van der Waals surface area contributed by atoms with Crippen LogP contribution in [0.2, 0.25) is 0 Å². The number of nitrogens with one attached hydrogen (secondary N) is 2. The largest absolute Gasteiger partial charge is 0.493 e. The van der Waals surface area contributed by atoms with Crippen LogP contribution in [-0.2, 0) is 4.74 Å². The second kappa shape index (κ2) is 9.82. The van der Waals surface area contributed by atoms with Crippen LogP contribution in [0.3, 0.4) is 0 Å². The van der Waals surface area contributed by atoms with Gasteiger partial charge in [0.25, 0.3) is 5.91 Å². The molecule has 0 aliphatic heterocycles. The fourth-order valence-corrected chi connectivity index (χ4v) is 2.76. The summed E-state index contributed by atoms with van der Waals surface area (Å²) in [6.07, 6.45) is 0.299. The summed E-state index contributed by atoms with van der Waals surface area (Å²) in [5.41, 5.74) is 1.55. The molecule has 0 fully saturated rings. The Kier molecular flexibility index (Phi) is 7.48. The van der Waals surface area contributed by atoms with Crippen molar-refractivity contribution in [2.24, 2.45) is 0 Å². The molecule has 0 saturated heterocycles. The maximum atomic E-state index is 12.6. The van der Waals surface area contributed by atoms with Gasteiger partial charge in [-0.25, -0.2) is 4.79 Å². The van der Waals surface area contributed by atoms with Crippen molar-refractivity contribution in [3.63, 3.8) is 0 Å². The van der Waals surface area contributed by atoms with Gasteiger partial charge >= 0.3 is 6.09 Å². The third-order valence-corrected chi connectivity index (χ3v) is 4.11. The van der Waals surface area contributed by atoms with Crippen LogP contribution in [0.5, 0.6) is 11.5 Å². The average molecular weight is 437 g/mol. The Hall–Kier alpha value is -2.74. The predicted molar refractivity (Wildman–Crippen MR) is 107 cm³/mol. The predicted octanol–water partition coefficient (Wildman–Crippen LogP) is 4.68. The number of hydrogen-bond donors (Lipinski definition) is 2. The van der Waals surface area contributed by atoms with Gasteiger partial charge in [-0.05, 0) is 58.7 Å². The SMILES string of the molecule is CCCOc1c(Br)cc(C(=O)Nc2ccc(NC(=O)OC)cc2)cc1OC. The summed E-state index contributed by atoms with van der Waals surface area (Å²) in [7, 11) is 2.81. The highest BCUT2D eigenvalue weighted by molar-refractivity contribution is 9.10. The molecule has 0 radical (unpaired) electrons. The molecule has 0 spiro atoms. The molecule has 0 aromatic heterocycles. The van der Waals surface area contributed by atoms with Gasteiger partial charge in [0.15, 0.2) is 11.5 Å². The van der Waals surface area contributed by atoms with Crippen LogP contribution in [0, 0.1) is 0 Å². The molecule has 2 aromatic carbocycles. The standard InChI is InChI=1S/C19H21BrN2O5/c1-4-9-27-17-15(20)10-12(11-16(17)25-2)18(23)21-13-5-7-14(8-6-13)22-19(24)26-3/h5-8,10-11H,4,9H2,1-3H3,(H,21,23)(H,22,24). The second-order valence-corrected chi connectivity index (χ2v) is 6.34. The van der Waals surface area contributed by atoms with E-state index < -0.39 is 6.09 Å². The van der Waals surface area contributed by atoms with Crippen LogP contribution in [-0.4, -0.2) is 32.8 Å². The first-order valence-corrected chi connectivity index (χ1v) is 9.04. The minimum Gasteiger partial charge on any atom is -0.493 e. The molecule has 2 N–H and O–H groups in total. The van der Waals surface area contributed by atoms with Gasteiger partial charge in [0.05, 0.1) is 25.3 Å². The summed E-state index contributed by atoms with van der Waals surface area (Å²) >= 11 is 3.42. The number of carbonyl (C=O) groups is 2. The van der Waals surface area contributed by atoms with Gasteiger partial charge < -0.3 is 19.5 Å². The number of carbonyl (C=O) groups excluding carboxylic acids is 2. The van der Waals surface area contributed by atoms with Crippen LogP contribution < -0.4 is 20.1 Å². The molecule has 0 bridgehead atoms. The maximum absolute atomic E-state index is 12.6. The highest BCUT2D eigenvalue weighted by atomic mass is 79.9. The van der Waals surface area contributed by atoms with E-state index in [9.17, 15) is 9.59 Å². The monoisotopic (exact) mass is 436 g/mol. The third-order valence-electron chi connectivity index (χ3n) is 3.52. The fourth-order valence-electron chi connectivity index (χ4n) is 2.20. The van der Waals surface area contributed by atoms with Gasteiger partial charge in [0.1, 0.15) is 0 Å². The quantitative estimate of drug-likeness (QED) is 0.657. The molecule has 8 heteroatoms. The zero-order valence-corrected chi connectivity index (χ0v) is 16.9. The number of rotatable bonds is 7. The minimum atomic E-state index is -0.561. The van der Waals surface area contributed by atoms with Crippen LogP contribution in [0.25, 0.3) is 0 Å². The molecular formula is C19H21BrN2O5. The van der Waals surface area contributed by atoms with Crippen molar-refractivity contribution in [1.82, 2.24) is 0 Å². The lowest BCUT2D eigenvalue weighted by Gasteiger charge is -2.14. The van der Waals surface area contributed by atoms with E-state index in [1.165, 1.54) is 14.2 Å². The first-order chi connectivity index (χ1) is 13.0. The Morgan fingerprint density at radius 3 is 2.22 bits per heavy atom. The maximum Gasteiger partial charge on any atom is 0.411 e. The Morgan fingerprint density at radius 2 is 1.67 bits per heavy atom. The first-order valence-electron chi connectivity index (χ1n) is 8.25. The molecule has 2 rings (SSSR count). The number of amides is 2. The van der Waals surface area contributed by atoms with Crippen LogP contribution in [0.4, 0.5) is 16.2 Å². The summed E-state index contributed by atoms with van der Waals surface area (Å²) in [4.78, 5) is 23.7. The number of benzene rings is 2. The number of halogens is 1. The number of anilines is 2. The summed E-state index contributed by atoms with van der Waals surface area (Å²) in [6, 6.07) is 9.96. The first kappa shape index (κ1) is 20.6. The number of ether oxygens (including phenoxy) is 3. The molecule has 2 amide bonds. The van der Waals surface area contributed by atoms with Crippen molar-refractivity contribution in [2.45, 2.75) is 13.3 Å². The summed E-state index contributed by atoms with van der Waals surface area (Å²) in [5.74, 6) is 0.736. The van der Waals surface area contributed by atoms with Gasteiger partial charge in [-0.1, -0.05) is 6.92 Å². The molecule has 2 aromatic rings. The molecule has 0 saturated carbocycles. The molecule has 0 atom stereocenters. The van der Waals surface area contributed by atoms with E-state index in [0.29, 0.717) is 39.5 Å². The Labute approximate surface area is 166 Å². The number of hydrogen-bond acceptors (Lipinski definition) is 5. The lowest BCUT2D eigenvalue weighted by molar-refractivity contribution is 0.102. The summed E-state index contributed by atoms with van der Waals surface area (Å²) in [5, 5.41) is 5.33. The summed E-state index contributed by atoms with van der Waals surface area (Å²) in [6.45, 7) is 2.56. The van der Waals surface area contributed by atoms with Crippen molar-refractivity contribution >= 4 is 39.3 Å². The zero-order valence-electron chi connectivity index (χ0n) is 15.3. The lowest BCUT2D eigenvalue weighted by atomic mass is 10.1. The van der Waals surface area contributed by atoms with E-state index in [-0.39, 0.29) is 5.91 Å².